The van der Waals surface area contributed by atoms with Crippen LogP contribution in [0.15, 0.2) is 24.3 Å². The minimum absolute atomic E-state index is 0.172. The van der Waals surface area contributed by atoms with Crippen molar-refractivity contribution in [1.82, 2.24) is 4.90 Å². The second-order valence-corrected chi connectivity index (χ2v) is 6.40. The first-order valence-electron chi connectivity index (χ1n) is 8.74. The van der Waals surface area contributed by atoms with Gasteiger partial charge in [-0.1, -0.05) is 12.1 Å². The molecule has 2 aliphatic rings. The molecule has 1 N–H and O–H groups in total. The zero-order valence-corrected chi connectivity index (χ0v) is 14.9. The molecule has 3 rings (SSSR count). The maximum Gasteiger partial charge on any atom is 0.490 e. The largest absolute Gasteiger partial charge is 0.490 e. The van der Waals surface area contributed by atoms with Crippen LogP contribution >= 0.6 is 0 Å². The third kappa shape index (κ3) is 6.15. The molecular weight excluding hydrogens is 370 g/mol. The van der Waals surface area contributed by atoms with E-state index >= 15 is 0 Å². The molecule has 5 nitrogen and oxygen atoms in total. The zero-order valence-electron chi connectivity index (χ0n) is 14.9. The van der Waals surface area contributed by atoms with Crippen LogP contribution in [0.25, 0.3) is 0 Å². The number of nitrogens with zero attached hydrogens (tertiary/aromatic N) is 1. The predicted molar refractivity (Wildman–Crippen MR) is 88.7 cm³/mol. The smallest absolute Gasteiger partial charge is 0.475 e. The number of hydrogen-bond donors (Lipinski definition) is 1. The van der Waals surface area contributed by atoms with Crippen LogP contribution in [0.2, 0.25) is 0 Å². The SMILES string of the molecule is CCO[C@H]1CN(Cc2ccc(F)cc2)[C@@H]2CCCO[C@H]12.O=C(O)C(F)(F)F. The Morgan fingerprint density at radius 1 is 1.33 bits per heavy atom. The van der Waals surface area contributed by atoms with E-state index in [2.05, 4.69) is 4.90 Å². The minimum Gasteiger partial charge on any atom is -0.475 e. The summed E-state index contributed by atoms with van der Waals surface area (Å²) in [6.07, 6.45) is -2.44. The van der Waals surface area contributed by atoms with E-state index in [-0.39, 0.29) is 18.0 Å². The van der Waals surface area contributed by atoms with Gasteiger partial charge in [-0.25, -0.2) is 9.18 Å². The second kappa shape index (κ2) is 9.48. The van der Waals surface area contributed by atoms with Crippen LogP contribution in [0.3, 0.4) is 0 Å². The number of fused-ring (bicyclic) bond motifs is 1. The Hall–Kier alpha value is -1.71. The van der Waals surface area contributed by atoms with Gasteiger partial charge in [-0.05, 0) is 37.5 Å². The monoisotopic (exact) mass is 393 g/mol. The number of rotatable bonds is 4. The summed E-state index contributed by atoms with van der Waals surface area (Å²) >= 11 is 0. The maximum absolute atomic E-state index is 13.0. The number of carboxylic acid groups (broad SMARTS) is 1. The van der Waals surface area contributed by atoms with Crippen molar-refractivity contribution in [3.8, 4) is 0 Å². The lowest BCUT2D eigenvalue weighted by molar-refractivity contribution is -0.192. The van der Waals surface area contributed by atoms with Gasteiger partial charge in [-0.2, -0.15) is 13.2 Å². The summed E-state index contributed by atoms with van der Waals surface area (Å²) in [6, 6.07) is 7.22. The highest BCUT2D eigenvalue weighted by Gasteiger charge is 2.44. The first kappa shape index (κ1) is 21.6. The first-order valence-corrected chi connectivity index (χ1v) is 8.74. The second-order valence-electron chi connectivity index (χ2n) is 6.40. The van der Waals surface area contributed by atoms with E-state index in [0.29, 0.717) is 6.04 Å². The summed E-state index contributed by atoms with van der Waals surface area (Å²) < 4.78 is 56.5. The molecule has 0 radical (unpaired) electrons. The number of likely N-dealkylation sites (tertiary alicyclic amines) is 1. The number of aliphatic carboxylic acids is 1. The quantitative estimate of drug-likeness (QED) is 0.796. The van der Waals surface area contributed by atoms with Gasteiger partial charge in [0.2, 0.25) is 0 Å². The molecule has 0 saturated carbocycles. The molecule has 1 aromatic rings. The van der Waals surface area contributed by atoms with Crippen LogP contribution in [-0.2, 0) is 20.8 Å². The van der Waals surface area contributed by atoms with E-state index in [1.807, 2.05) is 19.1 Å². The van der Waals surface area contributed by atoms with E-state index in [9.17, 15) is 17.6 Å². The van der Waals surface area contributed by atoms with E-state index in [4.69, 9.17) is 19.4 Å². The average Bonchev–Trinajstić information content (AvgIpc) is 2.95. The molecule has 27 heavy (non-hydrogen) atoms. The van der Waals surface area contributed by atoms with Crippen LogP contribution in [0.4, 0.5) is 17.6 Å². The lowest BCUT2D eigenvalue weighted by atomic mass is 10.0. The number of alkyl halides is 3. The van der Waals surface area contributed by atoms with Crippen molar-refractivity contribution < 1.29 is 36.9 Å². The molecule has 0 amide bonds. The van der Waals surface area contributed by atoms with Crippen LogP contribution < -0.4 is 0 Å². The standard InChI is InChI=1S/C16H22FNO2.C2HF3O2/c1-2-19-15-11-18(14-4-3-9-20-16(14)15)10-12-5-7-13(17)8-6-12;3-2(4,5)1(6)7/h5-8,14-16H,2-4,9-11H2,1H3;(H,6,7)/t14-,15+,16+;/m1./s1. The number of halogens is 4. The maximum atomic E-state index is 13.0. The van der Waals surface area contributed by atoms with Crippen molar-refractivity contribution >= 4 is 5.97 Å². The van der Waals surface area contributed by atoms with E-state index in [1.54, 1.807) is 0 Å². The number of carboxylic acids is 1. The molecule has 0 spiro atoms. The number of hydrogen-bond acceptors (Lipinski definition) is 4. The van der Waals surface area contributed by atoms with Crippen LogP contribution in [-0.4, -0.2) is 60.2 Å². The topological polar surface area (TPSA) is 59.0 Å². The Morgan fingerprint density at radius 3 is 2.52 bits per heavy atom. The number of benzene rings is 1. The van der Waals surface area contributed by atoms with Crippen molar-refractivity contribution in [1.29, 1.82) is 0 Å². The summed E-state index contributed by atoms with van der Waals surface area (Å²) in [6.45, 7) is 5.34. The molecule has 0 aliphatic carbocycles. The van der Waals surface area contributed by atoms with E-state index < -0.39 is 12.1 Å². The average molecular weight is 393 g/mol. The molecular formula is C18H23F4NO4. The molecule has 9 heteroatoms. The fourth-order valence-corrected chi connectivity index (χ4v) is 3.37. The number of carbonyl (C=O) groups is 1. The van der Waals surface area contributed by atoms with Gasteiger partial charge in [0.05, 0.1) is 6.10 Å². The molecule has 0 unspecified atom stereocenters. The lowest BCUT2D eigenvalue weighted by Gasteiger charge is -2.32. The van der Waals surface area contributed by atoms with Crippen molar-refractivity contribution in [3.05, 3.63) is 35.6 Å². The molecule has 0 aromatic heterocycles. The summed E-state index contributed by atoms with van der Waals surface area (Å²) in [4.78, 5) is 11.3. The van der Waals surface area contributed by atoms with Gasteiger partial charge >= 0.3 is 12.1 Å². The van der Waals surface area contributed by atoms with Crippen LogP contribution in [0, 0.1) is 5.82 Å². The fourth-order valence-electron chi connectivity index (χ4n) is 3.37. The van der Waals surface area contributed by atoms with Gasteiger partial charge in [-0.3, -0.25) is 4.90 Å². The van der Waals surface area contributed by atoms with Crippen molar-refractivity contribution in [2.45, 2.75) is 50.7 Å². The molecule has 1 aromatic carbocycles. The predicted octanol–water partition coefficient (Wildman–Crippen LogP) is 3.23. The molecule has 2 saturated heterocycles. The molecule has 2 fully saturated rings. The minimum atomic E-state index is -5.08. The number of ether oxygens (including phenoxy) is 2. The summed E-state index contributed by atoms with van der Waals surface area (Å²) in [7, 11) is 0. The third-order valence-electron chi connectivity index (χ3n) is 4.51. The van der Waals surface area contributed by atoms with Gasteiger partial charge < -0.3 is 14.6 Å². The first-order chi connectivity index (χ1) is 12.7. The zero-order chi connectivity index (χ0) is 20.0. The highest BCUT2D eigenvalue weighted by atomic mass is 19.4. The highest BCUT2D eigenvalue weighted by Crippen LogP contribution is 2.31. The molecule has 152 valence electrons. The van der Waals surface area contributed by atoms with Crippen molar-refractivity contribution in [2.24, 2.45) is 0 Å². The highest BCUT2D eigenvalue weighted by molar-refractivity contribution is 5.73. The Kier molecular flexibility index (Phi) is 7.58. The summed E-state index contributed by atoms with van der Waals surface area (Å²) in [5.41, 5.74) is 1.15. The van der Waals surface area contributed by atoms with Crippen LogP contribution in [0.1, 0.15) is 25.3 Å². The van der Waals surface area contributed by atoms with Gasteiger partial charge in [0.25, 0.3) is 0 Å². The van der Waals surface area contributed by atoms with Gasteiger partial charge in [0.15, 0.2) is 0 Å². The lowest BCUT2D eigenvalue weighted by Crippen LogP contribution is -2.41. The Morgan fingerprint density at radius 2 is 1.96 bits per heavy atom. The Bertz CT molecular complexity index is 608. The normalized spacial score (nSPS) is 25.4. The molecule has 2 aliphatic heterocycles. The van der Waals surface area contributed by atoms with E-state index in [1.165, 1.54) is 12.1 Å². The van der Waals surface area contributed by atoms with Crippen LogP contribution in [0.5, 0.6) is 0 Å². The Labute approximate surface area is 154 Å². The summed E-state index contributed by atoms with van der Waals surface area (Å²) in [5, 5.41) is 7.12. The molecule has 2 heterocycles. The Balaban J connectivity index is 0.000000321. The van der Waals surface area contributed by atoms with Gasteiger partial charge in [0, 0.05) is 32.3 Å². The van der Waals surface area contributed by atoms with Crippen molar-refractivity contribution in [3.63, 3.8) is 0 Å². The summed E-state index contributed by atoms with van der Waals surface area (Å²) in [5.74, 6) is -2.94. The molecule has 0 bridgehead atoms. The molecule has 3 atom stereocenters. The van der Waals surface area contributed by atoms with Gasteiger partial charge in [-0.15, -0.1) is 0 Å². The van der Waals surface area contributed by atoms with Crippen molar-refractivity contribution in [2.75, 3.05) is 19.8 Å². The third-order valence-corrected chi connectivity index (χ3v) is 4.51. The van der Waals surface area contributed by atoms with Gasteiger partial charge in [0.1, 0.15) is 11.9 Å². The fraction of sp³-hybridized carbons (Fsp3) is 0.611. The van der Waals surface area contributed by atoms with E-state index in [0.717, 1.165) is 44.7 Å².